The fourth-order valence-corrected chi connectivity index (χ4v) is 3.89. The van der Waals surface area contributed by atoms with E-state index in [0.717, 1.165) is 51.0 Å². The van der Waals surface area contributed by atoms with Crippen LogP contribution in [0.5, 0.6) is 0 Å². The maximum Gasteiger partial charge on any atom is 0.223 e. The van der Waals surface area contributed by atoms with Crippen molar-refractivity contribution in [1.82, 2.24) is 15.1 Å². The third kappa shape index (κ3) is 4.77. The van der Waals surface area contributed by atoms with E-state index in [4.69, 9.17) is 4.99 Å². The zero-order chi connectivity index (χ0) is 18.4. The normalized spacial score (nSPS) is 20.2. The van der Waals surface area contributed by atoms with Crippen LogP contribution in [-0.2, 0) is 17.9 Å². The minimum atomic E-state index is 0.244. The van der Waals surface area contributed by atoms with Crippen LogP contribution in [0.15, 0.2) is 29.3 Å². The lowest BCUT2D eigenvalue weighted by Gasteiger charge is -2.33. The lowest BCUT2D eigenvalue weighted by molar-refractivity contribution is -0.131. The number of guanidine groups is 1. The summed E-state index contributed by atoms with van der Waals surface area (Å²) in [7, 11) is 0. The second kappa shape index (κ2) is 9.06. The quantitative estimate of drug-likeness (QED) is 0.501. The van der Waals surface area contributed by atoms with Crippen molar-refractivity contribution in [3.63, 3.8) is 0 Å². The van der Waals surface area contributed by atoms with Gasteiger partial charge in [-0.05, 0) is 43.2 Å². The van der Waals surface area contributed by atoms with Crippen molar-refractivity contribution in [3.05, 3.63) is 35.4 Å². The maximum absolute atomic E-state index is 12.5. The van der Waals surface area contributed by atoms with Crippen LogP contribution in [0, 0.1) is 5.92 Å². The van der Waals surface area contributed by atoms with Crippen LogP contribution in [0.25, 0.3) is 0 Å². The Hall–Kier alpha value is -2.04. The van der Waals surface area contributed by atoms with Gasteiger partial charge in [0.25, 0.3) is 0 Å². The Morgan fingerprint density at radius 3 is 2.62 bits per heavy atom. The fourth-order valence-electron chi connectivity index (χ4n) is 3.89. The Morgan fingerprint density at radius 2 is 1.96 bits per heavy atom. The first-order valence-corrected chi connectivity index (χ1v) is 10.0. The standard InChI is InChI=1S/C21H32N4O/c1-3-22-21(24-13-7-8-17(2)14-24)23-12-6-11-20(26)25-15-18-9-4-5-10-19(18)16-25/h4-5,9-10,17H,3,6-8,11-16H2,1-2H3,(H,22,23). The summed E-state index contributed by atoms with van der Waals surface area (Å²) in [6.07, 6.45) is 3.93. The van der Waals surface area contributed by atoms with E-state index < -0.39 is 0 Å². The Morgan fingerprint density at radius 1 is 1.23 bits per heavy atom. The van der Waals surface area contributed by atoms with E-state index in [1.165, 1.54) is 24.0 Å². The summed E-state index contributed by atoms with van der Waals surface area (Å²) in [5.74, 6) is 1.99. The van der Waals surface area contributed by atoms with E-state index in [9.17, 15) is 4.79 Å². The first-order chi connectivity index (χ1) is 12.7. The molecule has 2 heterocycles. The predicted molar refractivity (Wildman–Crippen MR) is 106 cm³/mol. The van der Waals surface area contributed by atoms with Gasteiger partial charge >= 0.3 is 0 Å². The number of nitrogens with zero attached hydrogens (tertiary/aromatic N) is 3. The van der Waals surface area contributed by atoms with Crippen LogP contribution in [0.1, 0.15) is 50.7 Å². The molecule has 5 nitrogen and oxygen atoms in total. The molecule has 2 aliphatic heterocycles. The van der Waals surface area contributed by atoms with Gasteiger partial charge < -0.3 is 15.1 Å². The number of likely N-dealkylation sites (tertiary alicyclic amines) is 1. The maximum atomic E-state index is 12.5. The molecule has 1 fully saturated rings. The summed E-state index contributed by atoms with van der Waals surface area (Å²) in [4.78, 5) is 21.6. The first kappa shape index (κ1) is 18.7. The SMILES string of the molecule is CCNC(=NCCCC(=O)N1Cc2ccccc2C1)N1CCCC(C)C1. The van der Waals surface area contributed by atoms with Gasteiger partial charge in [0.05, 0.1) is 0 Å². The molecule has 142 valence electrons. The van der Waals surface area contributed by atoms with Crippen LogP contribution in [0.4, 0.5) is 0 Å². The highest BCUT2D eigenvalue weighted by Gasteiger charge is 2.22. The van der Waals surface area contributed by atoms with Gasteiger partial charge in [-0.2, -0.15) is 0 Å². The van der Waals surface area contributed by atoms with Crippen molar-refractivity contribution >= 4 is 11.9 Å². The molecule has 2 aliphatic rings. The molecule has 1 N–H and O–H groups in total. The van der Waals surface area contributed by atoms with Crippen LogP contribution < -0.4 is 5.32 Å². The molecule has 1 aromatic carbocycles. The third-order valence-electron chi connectivity index (χ3n) is 5.30. The van der Waals surface area contributed by atoms with Gasteiger partial charge in [0, 0.05) is 45.7 Å². The molecule has 0 bridgehead atoms. The molecular weight excluding hydrogens is 324 g/mol. The number of rotatable bonds is 5. The van der Waals surface area contributed by atoms with Gasteiger partial charge in [-0.25, -0.2) is 0 Å². The molecule has 0 aliphatic carbocycles. The summed E-state index contributed by atoms with van der Waals surface area (Å²) in [5.41, 5.74) is 2.57. The smallest absolute Gasteiger partial charge is 0.223 e. The van der Waals surface area contributed by atoms with E-state index in [0.29, 0.717) is 13.0 Å². The Labute approximate surface area is 157 Å². The average Bonchev–Trinajstić information content (AvgIpc) is 3.08. The molecule has 1 unspecified atom stereocenters. The van der Waals surface area contributed by atoms with Crippen LogP contribution in [-0.4, -0.2) is 47.8 Å². The van der Waals surface area contributed by atoms with E-state index in [-0.39, 0.29) is 5.91 Å². The molecule has 1 aromatic rings. The van der Waals surface area contributed by atoms with E-state index in [1.54, 1.807) is 0 Å². The average molecular weight is 357 g/mol. The highest BCUT2D eigenvalue weighted by atomic mass is 16.2. The molecule has 5 heteroatoms. The predicted octanol–water partition coefficient (Wildman–Crippen LogP) is 3.01. The minimum Gasteiger partial charge on any atom is -0.357 e. The van der Waals surface area contributed by atoms with Gasteiger partial charge in [-0.3, -0.25) is 9.79 Å². The number of hydrogen-bond donors (Lipinski definition) is 1. The molecule has 26 heavy (non-hydrogen) atoms. The zero-order valence-electron chi connectivity index (χ0n) is 16.2. The van der Waals surface area contributed by atoms with Crippen LogP contribution >= 0.6 is 0 Å². The number of aliphatic imine (C=N–C) groups is 1. The second-order valence-electron chi connectivity index (χ2n) is 7.55. The number of carbonyl (C=O) groups excluding carboxylic acids is 1. The molecule has 3 rings (SSSR count). The number of benzene rings is 1. The second-order valence-corrected chi connectivity index (χ2v) is 7.55. The molecular formula is C21H32N4O. The summed E-state index contributed by atoms with van der Waals surface area (Å²) in [6.45, 7) is 9.69. The summed E-state index contributed by atoms with van der Waals surface area (Å²) in [5, 5.41) is 3.41. The largest absolute Gasteiger partial charge is 0.357 e. The number of fused-ring (bicyclic) bond motifs is 1. The first-order valence-electron chi connectivity index (χ1n) is 10.0. The molecule has 1 amide bonds. The van der Waals surface area contributed by atoms with Gasteiger partial charge in [0.1, 0.15) is 0 Å². The number of nitrogens with one attached hydrogen (secondary N) is 1. The zero-order valence-corrected chi connectivity index (χ0v) is 16.2. The molecule has 1 atom stereocenters. The number of amides is 1. The monoisotopic (exact) mass is 356 g/mol. The lowest BCUT2D eigenvalue weighted by atomic mass is 10.0. The molecule has 0 saturated carbocycles. The van der Waals surface area contributed by atoms with Crippen molar-refractivity contribution in [1.29, 1.82) is 0 Å². The summed E-state index contributed by atoms with van der Waals surface area (Å²) in [6, 6.07) is 8.33. The van der Waals surface area contributed by atoms with Gasteiger partial charge in [-0.15, -0.1) is 0 Å². The highest BCUT2D eigenvalue weighted by Crippen LogP contribution is 2.23. The minimum absolute atomic E-state index is 0.244. The Balaban J connectivity index is 1.45. The van der Waals surface area contributed by atoms with E-state index in [2.05, 4.69) is 36.2 Å². The molecule has 0 radical (unpaired) electrons. The van der Waals surface area contributed by atoms with E-state index >= 15 is 0 Å². The molecule has 0 aromatic heterocycles. The topological polar surface area (TPSA) is 47.9 Å². The summed E-state index contributed by atoms with van der Waals surface area (Å²) >= 11 is 0. The van der Waals surface area contributed by atoms with Crippen LogP contribution in [0.2, 0.25) is 0 Å². The molecule has 1 saturated heterocycles. The van der Waals surface area contributed by atoms with Crippen molar-refractivity contribution in [2.24, 2.45) is 10.9 Å². The third-order valence-corrected chi connectivity index (χ3v) is 5.30. The van der Waals surface area contributed by atoms with Crippen molar-refractivity contribution in [2.75, 3.05) is 26.2 Å². The Kier molecular flexibility index (Phi) is 6.53. The number of carbonyl (C=O) groups is 1. The summed E-state index contributed by atoms with van der Waals surface area (Å²) < 4.78 is 0. The van der Waals surface area contributed by atoms with Crippen LogP contribution in [0.3, 0.4) is 0 Å². The number of hydrogen-bond acceptors (Lipinski definition) is 2. The van der Waals surface area contributed by atoms with E-state index in [1.807, 2.05) is 17.0 Å². The molecule has 0 spiro atoms. The lowest BCUT2D eigenvalue weighted by Crippen LogP contribution is -2.46. The van der Waals surface area contributed by atoms with Crippen molar-refractivity contribution < 1.29 is 4.79 Å². The van der Waals surface area contributed by atoms with Gasteiger partial charge in [0.15, 0.2) is 5.96 Å². The van der Waals surface area contributed by atoms with Crippen molar-refractivity contribution in [3.8, 4) is 0 Å². The van der Waals surface area contributed by atoms with Gasteiger partial charge in [0.2, 0.25) is 5.91 Å². The van der Waals surface area contributed by atoms with Crippen molar-refractivity contribution in [2.45, 2.75) is 52.6 Å². The highest BCUT2D eigenvalue weighted by molar-refractivity contribution is 5.80. The Bertz CT molecular complexity index is 618. The van der Waals surface area contributed by atoms with Gasteiger partial charge in [-0.1, -0.05) is 31.2 Å². The fraction of sp³-hybridized carbons (Fsp3) is 0.619. The number of piperidine rings is 1.